The molecule has 1 N–H and O–H groups in total. The van der Waals surface area contributed by atoms with Gasteiger partial charge in [-0.3, -0.25) is 4.90 Å². The lowest BCUT2D eigenvalue weighted by Gasteiger charge is -2.25. The molecule has 1 rings (SSSR count). The Morgan fingerprint density at radius 3 is 2.72 bits per heavy atom. The Kier molecular flexibility index (Phi) is 9.48. The normalized spacial score (nSPS) is 19.8. The maximum absolute atomic E-state index is 5.65. The number of hydrogen-bond donors (Lipinski definition) is 1. The number of hydrogen-bond acceptors (Lipinski definition) is 4. The molecule has 1 saturated heterocycles. The number of rotatable bonds is 11. The second-order valence-electron chi connectivity index (χ2n) is 5.05. The molecule has 1 fully saturated rings. The summed E-state index contributed by atoms with van der Waals surface area (Å²) in [6, 6.07) is 0.664. The highest BCUT2D eigenvalue weighted by Crippen LogP contribution is 2.06. The molecule has 1 unspecified atom stereocenters. The Balaban J connectivity index is 2.13. The Bertz CT molecular complexity index is 185. The Morgan fingerprint density at radius 2 is 2.06 bits per heavy atom. The molecule has 0 radical (unpaired) electrons. The van der Waals surface area contributed by atoms with Crippen LogP contribution < -0.4 is 5.32 Å². The summed E-state index contributed by atoms with van der Waals surface area (Å²) < 4.78 is 10.8. The average Bonchev–Trinajstić information content (AvgIpc) is 2.88. The predicted molar refractivity (Wildman–Crippen MR) is 75.1 cm³/mol. The first-order valence-electron chi connectivity index (χ1n) is 7.39. The van der Waals surface area contributed by atoms with Gasteiger partial charge in [-0.25, -0.2) is 0 Å². The van der Waals surface area contributed by atoms with E-state index in [4.69, 9.17) is 9.47 Å². The van der Waals surface area contributed by atoms with E-state index >= 15 is 0 Å². The highest BCUT2D eigenvalue weighted by molar-refractivity contribution is 4.77. The first-order chi connectivity index (χ1) is 8.86. The minimum atomic E-state index is 0.664. The van der Waals surface area contributed by atoms with Gasteiger partial charge in [-0.05, 0) is 25.8 Å². The molecule has 1 aliphatic rings. The van der Waals surface area contributed by atoms with Crippen LogP contribution in [0, 0.1) is 0 Å². The van der Waals surface area contributed by atoms with Gasteiger partial charge in [0.25, 0.3) is 0 Å². The van der Waals surface area contributed by atoms with Crippen molar-refractivity contribution in [3.8, 4) is 0 Å². The molecule has 4 nitrogen and oxygen atoms in total. The molecule has 0 saturated carbocycles. The molecule has 0 aromatic carbocycles. The first-order valence-corrected chi connectivity index (χ1v) is 7.39. The van der Waals surface area contributed by atoms with E-state index in [0.717, 1.165) is 39.5 Å². The quantitative estimate of drug-likeness (QED) is 0.570. The molecule has 1 atom stereocenters. The second kappa shape index (κ2) is 10.7. The fourth-order valence-corrected chi connectivity index (χ4v) is 2.28. The third-order valence-electron chi connectivity index (χ3n) is 3.45. The van der Waals surface area contributed by atoms with Crippen LogP contribution in [0.25, 0.3) is 0 Å². The van der Waals surface area contributed by atoms with Crippen molar-refractivity contribution in [1.82, 2.24) is 10.2 Å². The van der Waals surface area contributed by atoms with Gasteiger partial charge in [0.15, 0.2) is 0 Å². The zero-order valence-corrected chi connectivity index (χ0v) is 12.1. The van der Waals surface area contributed by atoms with Crippen LogP contribution in [0.1, 0.15) is 32.6 Å². The van der Waals surface area contributed by atoms with E-state index in [1.807, 2.05) is 0 Å². The molecule has 0 bridgehead atoms. The number of ether oxygens (including phenoxy) is 2. The largest absolute Gasteiger partial charge is 0.383 e. The minimum absolute atomic E-state index is 0.664. The zero-order valence-electron chi connectivity index (χ0n) is 12.1. The van der Waals surface area contributed by atoms with Gasteiger partial charge < -0.3 is 14.8 Å². The third kappa shape index (κ3) is 7.31. The van der Waals surface area contributed by atoms with Crippen LogP contribution in [-0.4, -0.2) is 64.1 Å². The lowest BCUT2D eigenvalue weighted by molar-refractivity contribution is 0.0834. The highest BCUT2D eigenvalue weighted by Gasteiger charge is 2.17. The molecule has 1 aliphatic heterocycles. The van der Waals surface area contributed by atoms with E-state index in [1.54, 1.807) is 7.11 Å². The van der Waals surface area contributed by atoms with Gasteiger partial charge in [-0.15, -0.1) is 0 Å². The van der Waals surface area contributed by atoms with E-state index in [9.17, 15) is 0 Å². The van der Waals surface area contributed by atoms with Crippen LogP contribution in [0.5, 0.6) is 0 Å². The van der Waals surface area contributed by atoms with Gasteiger partial charge >= 0.3 is 0 Å². The summed E-state index contributed by atoms with van der Waals surface area (Å²) in [5, 5.41) is 3.55. The molecule has 108 valence electrons. The van der Waals surface area contributed by atoms with Crippen LogP contribution in [0.2, 0.25) is 0 Å². The monoisotopic (exact) mass is 258 g/mol. The Morgan fingerprint density at radius 1 is 1.22 bits per heavy atom. The van der Waals surface area contributed by atoms with Crippen molar-refractivity contribution in [3.05, 3.63) is 0 Å². The molecule has 4 heteroatoms. The average molecular weight is 258 g/mol. The Labute approximate surface area is 112 Å². The van der Waals surface area contributed by atoms with Crippen molar-refractivity contribution >= 4 is 0 Å². The lowest BCUT2D eigenvalue weighted by Crippen LogP contribution is -2.40. The van der Waals surface area contributed by atoms with Gasteiger partial charge in [0.2, 0.25) is 0 Å². The van der Waals surface area contributed by atoms with Crippen molar-refractivity contribution in [1.29, 1.82) is 0 Å². The van der Waals surface area contributed by atoms with E-state index in [1.165, 1.54) is 32.2 Å². The molecular formula is C14H30N2O2. The molecule has 18 heavy (non-hydrogen) atoms. The highest BCUT2D eigenvalue weighted by atomic mass is 16.5. The molecule has 1 heterocycles. The van der Waals surface area contributed by atoms with Crippen LogP contribution in [0.4, 0.5) is 0 Å². The van der Waals surface area contributed by atoms with Crippen LogP contribution in [0.15, 0.2) is 0 Å². The summed E-state index contributed by atoms with van der Waals surface area (Å²) in [5.41, 5.74) is 0. The van der Waals surface area contributed by atoms with Crippen molar-refractivity contribution in [2.45, 2.75) is 38.6 Å². The van der Waals surface area contributed by atoms with Gasteiger partial charge in [0.05, 0.1) is 13.2 Å². The van der Waals surface area contributed by atoms with Gasteiger partial charge in [0, 0.05) is 39.4 Å². The molecule has 0 aromatic rings. The Hall–Kier alpha value is -0.160. The summed E-state index contributed by atoms with van der Waals surface area (Å²) in [4.78, 5) is 2.46. The first kappa shape index (κ1) is 15.9. The number of methoxy groups -OCH3 is 1. The number of nitrogens with one attached hydrogen (secondary N) is 1. The topological polar surface area (TPSA) is 33.7 Å². The second-order valence-corrected chi connectivity index (χ2v) is 5.05. The van der Waals surface area contributed by atoms with Crippen molar-refractivity contribution in [2.75, 3.05) is 53.1 Å². The standard InChI is InChI=1S/C14H30N2O2/c1-3-4-10-18-12-9-16(8-11-17-2)13-14-6-5-7-15-14/h14-15H,3-13H2,1-2H3. The van der Waals surface area contributed by atoms with E-state index in [0.29, 0.717) is 6.04 Å². The van der Waals surface area contributed by atoms with Gasteiger partial charge in [-0.2, -0.15) is 0 Å². The van der Waals surface area contributed by atoms with Gasteiger partial charge in [0.1, 0.15) is 0 Å². The summed E-state index contributed by atoms with van der Waals surface area (Å²) in [6.07, 6.45) is 5.00. The van der Waals surface area contributed by atoms with Crippen LogP contribution in [0.3, 0.4) is 0 Å². The van der Waals surface area contributed by atoms with E-state index in [-0.39, 0.29) is 0 Å². The fraction of sp³-hybridized carbons (Fsp3) is 1.00. The van der Waals surface area contributed by atoms with E-state index < -0.39 is 0 Å². The smallest absolute Gasteiger partial charge is 0.0593 e. The predicted octanol–water partition coefficient (Wildman–Crippen LogP) is 1.50. The van der Waals surface area contributed by atoms with Crippen LogP contribution >= 0.6 is 0 Å². The SMILES string of the molecule is CCCCOCCN(CCOC)CC1CCCN1. The summed E-state index contributed by atoms with van der Waals surface area (Å²) in [6.45, 7) is 9.07. The number of nitrogens with zero attached hydrogens (tertiary/aromatic N) is 1. The lowest BCUT2D eigenvalue weighted by atomic mass is 10.2. The molecule has 0 amide bonds. The summed E-state index contributed by atoms with van der Waals surface area (Å²) >= 11 is 0. The molecule has 0 spiro atoms. The molecule has 0 aromatic heterocycles. The van der Waals surface area contributed by atoms with E-state index in [2.05, 4.69) is 17.1 Å². The fourth-order valence-electron chi connectivity index (χ4n) is 2.28. The van der Waals surface area contributed by atoms with Gasteiger partial charge in [-0.1, -0.05) is 13.3 Å². The summed E-state index contributed by atoms with van der Waals surface area (Å²) in [7, 11) is 1.77. The van der Waals surface area contributed by atoms with Crippen molar-refractivity contribution < 1.29 is 9.47 Å². The molecular weight excluding hydrogens is 228 g/mol. The minimum Gasteiger partial charge on any atom is -0.383 e. The summed E-state index contributed by atoms with van der Waals surface area (Å²) in [5.74, 6) is 0. The van der Waals surface area contributed by atoms with Crippen molar-refractivity contribution in [3.63, 3.8) is 0 Å². The zero-order chi connectivity index (χ0) is 13.1. The maximum atomic E-state index is 5.65. The third-order valence-corrected chi connectivity index (χ3v) is 3.45. The van der Waals surface area contributed by atoms with Crippen LogP contribution in [-0.2, 0) is 9.47 Å². The maximum Gasteiger partial charge on any atom is 0.0593 e. The number of unbranched alkanes of at least 4 members (excludes halogenated alkanes) is 1. The van der Waals surface area contributed by atoms with Crippen molar-refractivity contribution in [2.24, 2.45) is 0 Å². The molecule has 0 aliphatic carbocycles.